The second-order valence-electron chi connectivity index (χ2n) is 8.14. The Morgan fingerprint density at radius 3 is 2.75 bits per heavy atom. The van der Waals surface area contributed by atoms with Crippen LogP contribution in [0.15, 0.2) is 12.2 Å². The molecule has 5 unspecified atom stereocenters. The van der Waals surface area contributed by atoms with E-state index in [-0.39, 0.29) is 12.0 Å². The summed E-state index contributed by atoms with van der Waals surface area (Å²) >= 11 is 2.04. The van der Waals surface area contributed by atoms with Crippen molar-refractivity contribution in [2.75, 3.05) is 18.1 Å². The van der Waals surface area contributed by atoms with Gasteiger partial charge in [0.15, 0.2) is 0 Å². The maximum absolute atomic E-state index is 11.1. The first-order valence-electron chi connectivity index (χ1n) is 11.1. The molecule has 0 aliphatic carbocycles. The van der Waals surface area contributed by atoms with Crippen molar-refractivity contribution in [3.05, 3.63) is 12.2 Å². The smallest absolute Gasteiger partial charge is 0.243 e. The molecule has 6 heteroatoms. The number of nitrogens with one attached hydrogen (secondary N) is 1. The molecule has 2 aliphatic rings. The lowest BCUT2D eigenvalue weighted by molar-refractivity contribution is -0.129. The predicted octanol–water partition coefficient (Wildman–Crippen LogP) is 4.73. The number of hydroxylamine groups is 1. The summed E-state index contributed by atoms with van der Waals surface area (Å²) < 4.78 is 12.1. The number of thioether (sulfide) groups is 1. The average molecular weight is 414 g/mol. The number of unbranched alkanes of at least 4 members (excludes halogenated alkanes) is 2. The Balaban J connectivity index is 1.62. The van der Waals surface area contributed by atoms with Crippen molar-refractivity contribution in [3.63, 3.8) is 0 Å². The molecule has 2 rings (SSSR count). The van der Waals surface area contributed by atoms with Crippen LogP contribution < -0.4 is 5.48 Å². The monoisotopic (exact) mass is 413 g/mol. The first kappa shape index (κ1) is 23.7. The van der Waals surface area contributed by atoms with E-state index < -0.39 is 0 Å². The molecule has 2 aliphatic heterocycles. The van der Waals surface area contributed by atoms with Crippen LogP contribution in [-0.4, -0.2) is 47.5 Å². The van der Waals surface area contributed by atoms with E-state index in [1.165, 1.54) is 44.3 Å². The molecule has 0 aromatic rings. The molecule has 2 bridgehead atoms. The maximum Gasteiger partial charge on any atom is 0.243 e. The highest BCUT2D eigenvalue weighted by atomic mass is 32.2. The van der Waals surface area contributed by atoms with Crippen LogP contribution >= 0.6 is 11.8 Å². The minimum Gasteiger partial charge on any atom is -0.378 e. The number of fused-ring (bicyclic) bond motifs is 2. The molecule has 0 aromatic carbocycles. The van der Waals surface area contributed by atoms with Gasteiger partial charge in [-0.25, -0.2) is 5.48 Å². The summed E-state index contributed by atoms with van der Waals surface area (Å²) in [6, 6.07) is 0. The van der Waals surface area contributed by atoms with E-state index >= 15 is 0 Å². The second-order valence-corrected chi connectivity index (χ2v) is 9.29. The van der Waals surface area contributed by atoms with Gasteiger partial charge in [-0.05, 0) is 63.0 Å². The van der Waals surface area contributed by atoms with Gasteiger partial charge in [0.25, 0.3) is 0 Å². The lowest BCUT2D eigenvalue weighted by atomic mass is 9.76. The van der Waals surface area contributed by atoms with Gasteiger partial charge < -0.3 is 9.47 Å². The molecule has 2 N–H and O–H groups in total. The number of carbonyl (C=O) groups is 1. The topological polar surface area (TPSA) is 67.8 Å². The van der Waals surface area contributed by atoms with E-state index in [2.05, 4.69) is 19.1 Å². The molecule has 5 atom stereocenters. The minimum absolute atomic E-state index is 0.0327. The Kier molecular flexibility index (Phi) is 11.5. The lowest BCUT2D eigenvalue weighted by Crippen LogP contribution is -2.29. The fourth-order valence-corrected chi connectivity index (χ4v) is 5.31. The highest BCUT2D eigenvalue weighted by molar-refractivity contribution is 7.99. The Hall–Kier alpha value is -0.560. The summed E-state index contributed by atoms with van der Waals surface area (Å²) in [5, 5.41) is 8.55. The zero-order chi connectivity index (χ0) is 20.2. The van der Waals surface area contributed by atoms with Gasteiger partial charge in [0.1, 0.15) is 0 Å². The van der Waals surface area contributed by atoms with E-state index in [4.69, 9.17) is 14.7 Å². The number of carbonyl (C=O) groups excluding carboxylic acids is 1. The highest BCUT2D eigenvalue weighted by Gasteiger charge is 2.47. The van der Waals surface area contributed by atoms with Gasteiger partial charge in [-0.3, -0.25) is 10.0 Å². The summed E-state index contributed by atoms with van der Waals surface area (Å²) in [6.45, 7) is 4.95. The summed E-state index contributed by atoms with van der Waals surface area (Å²) in [7, 11) is 0. The molecule has 162 valence electrons. The molecule has 2 fully saturated rings. The number of amides is 1. The SMILES string of the molecule is CCCCC=CCSCCC1C2CCC(O2)C1CCOC(C)CCC(=O)NO. The van der Waals surface area contributed by atoms with Gasteiger partial charge in [-0.1, -0.05) is 31.9 Å². The van der Waals surface area contributed by atoms with E-state index in [0.29, 0.717) is 36.9 Å². The van der Waals surface area contributed by atoms with Crippen LogP contribution in [0.4, 0.5) is 0 Å². The number of hydrogen-bond acceptors (Lipinski definition) is 5. The Labute approximate surface area is 175 Å². The van der Waals surface area contributed by atoms with Gasteiger partial charge in [-0.2, -0.15) is 11.8 Å². The molecule has 2 saturated heterocycles. The Bertz CT molecular complexity index is 473. The fraction of sp³-hybridized carbons (Fsp3) is 0.864. The van der Waals surface area contributed by atoms with Crippen molar-refractivity contribution in [1.29, 1.82) is 0 Å². The van der Waals surface area contributed by atoms with Crippen LogP contribution in [0.2, 0.25) is 0 Å². The molecule has 0 saturated carbocycles. The van der Waals surface area contributed by atoms with Gasteiger partial charge in [0, 0.05) is 18.8 Å². The van der Waals surface area contributed by atoms with Crippen molar-refractivity contribution < 1.29 is 19.5 Å². The summed E-state index contributed by atoms with van der Waals surface area (Å²) in [5.74, 6) is 3.27. The van der Waals surface area contributed by atoms with Gasteiger partial charge in [-0.15, -0.1) is 0 Å². The first-order valence-corrected chi connectivity index (χ1v) is 12.2. The Morgan fingerprint density at radius 1 is 1.29 bits per heavy atom. The minimum atomic E-state index is -0.352. The van der Waals surface area contributed by atoms with Crippen molar-refractivity contribution in [2.24, 2.45) is 11.8 Å². The second kappa shape index (κ2) is 13.6. The van der Waals surface area contributed by atoms with Crippen LogP contribution in [-0.2, 0) is 14.3 Å². The average Bonchev–Trinajstić information content (AvgIpc) is 3.30. The zero-order valence-corrected chi connectivity index (χ0v) is 18.4. The van der Waals surface area contributed by atoms with E-state index in [1.807, 2.05) is 18.7 Å². The van der Waals surface area contributed by atoms with Gasteiger partial charge >= 0.3 is 0 Å². The number of rotatable bonds is 15. The molecule has 28 heavy (non-hydrogen) atoms. The molecule has 0 radical (unpaired) electrons. The molecular formula is C22H39NO4S. The molecule has 0 spiro atoms. The van der Waals surface area contributed by atoms with E-state index in [1.54, 1.807) is 5.48 Å². The molecule has 2 heterocycles. The van der Waals surface area contributed by atoms with Gasteiger partial charge in [0.05, 0.1) is 18.3 Å². The molecular weight excluding hydrogens is 374 g/mol. The largest absolute Gasteiger partial charge is 0.378 e. The number of hydrogen-bond donors (Lipinski definition) is 2. The van der Waals surface area contributed by atoms with Crippen molar-refractivity contribution in [2.45, 2.75) is 89.9 Å². The maximum atomic E-state index is 11.1. The fourth-order valence-electron chi connectivity index (χ4n) is 4.43. The highest BCUT2D eigenvalue weighted by Crippen LogP contribution is 2.46. The van der Waals surface area contributed by atoms with Crippen LogP contribution in [0.25, 0.3) is 0 Å². The molecule has 1 amide bonds. The predicted molar refractivity (Wildman–Crippen MR) is 115 cm³/mol. The van der Waals surface area contributed by atoms with E-state index in [9.17, 15) is 4.79 Å². The van der Waals surface area contributed by atoms with Gasteiger partial charge in [0.2, 0.25) is 5.91 Å². The molecule has 5 nitrogen and oxygen atoms in total. The third-order valence-corrected chi connectivity index (χ3v) is 7.00. The standard InChI is InChI=1S/C22H39NO4S/c1-3-4-5-6-7-15-28-16-13-19-18(20-9-10-21(19)27-20)12-14-26-17(2)8-11-22(24)23-25/h6-7,17-21,25H,3-5,8-16H2,1-2H3,(H,23,24). The van der Waals surface area contributed by atoms with Crippen LogP contribution in [0.5, 0.6) is 0 Å². The van der Waals surface area contributed by atoms with Crippen molar-refractivity contribution >= 4 is 17.7 Å². The van der Waals surface area contributed by atoms with E-state index in [0.717, 1.165) is 18.8 Å². The third kappa shape index (κ3) is 8.05. The summed E-state index contributed by atoms with van der Waals surface area (Å²) in [4.78, 5) is 11.1. The van der Waals surface area contributed by atoms with Crippen LogP contribution in [0.3, 0.4) is 0 Å². The number of allylic oxidation sites excluding steroid dienone is 1. The van der Waals surface area contributed by atoms with Crippen molar-refractivity contribution in [3.8, 4) is 0 Å². The number of ether oxygens (including phenoxy) is 2. The zero-order valence-electron chi connectivity index (χ0n) is 17.6. The normalized spacial score (nSPS) is 27.5. The van der Waals surface area contributed by atoms with Crippen LogP contribution in [0.1, 0.15) is 71.6 Å². The molecule has 0 aromatic heterocycles. The van der Waals surface area contributed by atoms with Crippen molar-refractivity contribution in [1.82, 2.24) is 5.48 Å². The quantitative estimate of drug-likeness (QED) is 0.176. The first-order chi connectivity index (χ1) is 13.7. The summed E-state index contributed by atoms with van der Waals surface area (Å²) in [6.07, 6.45) is 15.0. The lowest BCUT2D eigenvalue weighted by Gasteiger charge is -2.28. The summed E-state index contributed by atoms with van der Waals surface area (Å²) in [5.41, 5.74) is 1.67. The third-order valence-electron chi connectivity index (χ3n) is 6.05. The van der Waals surface area contributed by atoms with Crippen LogP contribution in [0, 0.1) is 11.8 Å². The Morgan fingerprint density at radius 2 is 2.04 bits per heavy atom.